The fourth-order valence-electron chi connectivity index (χ4n) is 15.4. The van der Waals surface area contributed by atoms with Gasteiger partial charge in [0.1, 0.15) is 51.3 Å². The van der Waals surface area contributed by atoms with Gasteiger partial charge in [-0.25, -0.2) is 44.9 Å². The fraction of sp³-hybridized carbons (Fsp3) is 0.612. The van der Waals surface area contributed by atoms with Crippen LogP contribution in [-0.2, 0) is 62.4 Å². The molecule has 0 amide bonds. The third-order valence-electron chi connectivity index (χ3n) is 22.2. The highest BCUT2D eigenvalue weighted by molar-refractivity contribution is 9.09. The molecule has 0 saturated carbocycles. The standard InChI is InChI=1S/C54H80N14O8S2.C23H33N7O4S.C8H16Br2/c1-8-18-43-47-49(53(69)59-51(57-47)41-36-39(20-22-45(41)75-10-3)77(71,72)65-32-28-63(6)29-33-65)67(61-43)27-26-55-24-16-14-12-13-15-17-25-56-38(5)68-50-48(44(62-68)19-9-2)58-52(60-54(50)70)42-37-40(21-23-46(42)76-11-4)78(73,74)66-34-30-64(7)31-35-66;1-4-6-18-20-21(30(27-18)10-9-24)23(31)26-22(25-20)17-15-16(7-8-19(17)34-5-2)35(32,33)29-13-11-28(3)12-14-29;9-7-5-3-1-2-4-6-8-10/h20-23,36-38,55-56H,8-19,24-35H2,1-7H3,(H,57,59,69)(H,58,60,70);7-8,15H,4-6,9-14,24H2,1-3H3,(H,25,26,31);1-8H2. The van der Waals surface area contributed by atoms with Crippen molar-refractivity contribution in [3.8, 4) is 51.4 Å². The molecule has 3 fully saturated rings. The van der Waals surface area contributed by atoms with Gasteiger partial charge in [-0.15, -0.1) is 0 Å². The van der Waals surface area contributed by atoms with E-state index in [1.807, 2.05) is 55.8 Å². The van der Waals surface area contributed by atoms with Crippen LogP contribution in [0.5, 0.6) is 17.2 Å². The van der Waals surface area contributed by atoms with Gasteiger partial charge in [0, 0.05) is 102 Å². The summed E-state index contributed by atoms with van der Waals surface area (Å²) in [6.07, 6.45) is 18.7. The summed E-state index contributed by atoms with van der Waals surface area (Å²) >= 11 is 6.85. The largest absolute Gasteiger partial charge is 0.493 e. The summed E-state index contributed by atoms with van der Waals surface area (Å²) in [5, 5.41) is 23.7. The zero-order chi connectivity index (χ0) is 88.4. The monoisotopic (exact) mass is 1890 g/mol. The van der Waals surface area contributed by atoms with E-state index in [2.05, 4.69) is 91.1 Å². The lowest BCUT2D eigenvalue weighted by Gasteiger charge is -2.31. The second kappa shape index (κ2) is 47.4. The summed E-state index contributed by atoms with van der Waals surface area (Å²) in [6, 6.07) is 14.2. The molecule has 3 aliphatic rings. The minimum atomic E-state index is -3.80. The van der Waals surface area contributed by atoms with Crippen LogP contribution in [0.2, 0.25) is 0 Å². The second-order valence-corrected chi connectivity index (χ2v) is 38.9. The van der Waals surface area contributed by atoms with E-state index in [1.54, 1.807) is 62.6 Å². The lowest BCUT2D eigenvalue weighted by Crippen LogP contribution is -2.47. The molecule has 12 rings (SSSR count). The third kappa shape index (κ3) is 25.1. The Kier molecular flexibility index (Phi) is 37.7. The first-order chi connectivity index (χ1) is 59.3. The van der Waals surface area contributed by atoms with Gasteiger partial charge >= 0.3 is 0 Å². The number of benzene rings is 3. The number of aryl methyl sites for hydroxylation is 3. The molecule has 3 aromatic carbocycles. The van der Waals surface area contributed by atoms with Gasteiger partial charge in [-0.3, -0.25) is 29.1 Å². The Hall–Kier alpha value is -7.44. The Balaban J connectivity index is 0.000000288. The molecule has 0 radical (unpaired) electrons. The Bertz CT molecular complexity index is 5460. The molecular formula is C85H129Br2N21O12S3. The molecule has 1 unspecified atom stereocenters. The van der Waals surface area contributed by atoms with Crippen molar-refractivity contribution < 1.29 is 39.5 Å². The second-order valence-electron chi connectivity index (χ2n) is 31.5. The number of H-pyrrole nitrogens is 3. The SMILES string of the molecule is BrCCCCCCCCBr.CCCc1nn(CCN)c2c(=O)[nH]c(-c3cc(S(=O)(=O)N4CCN(C)CC4)ccc3OCC)nc12.CCCc1nn(CCNCCCCCCCCNC(C)n2nc(CCC)c3nc(-c4cc(S(=O)(=O)N5CCN(C)CC5)ccc4OCC)[nH]c(=O)c32)c2c(=O)[nH]c(-c3cc(S(=O)(=O)N4CCN(C)CC4)ccc3OCC)nc12. The van der Waals surface area contributed by atoms with E-state index < -0.39 is 30.1 Å². The van der Waals surface area contributed by atoms with Crippen LogP contribution in [-0.4, -0.2) is 268 Å². The van der Waals surface area contributed by atoms with E-state index in [0.29, 0.717) is 222 Å². The summed E-state index contributed by atoms with van der Waals surface area (Å²) in [6.45, 7) is 24.5. The van der Waals surface area contributed by atoms with Gasteiger partial charge in [-0.1, -0.05) is 123 Å². The normalized spacial score (nSPS) is 15.4. The van der Waals surface area contributed by atoms with E-state index in [4.69, 9.17) is 45.1 Å². The Morgan fingerprint density at radius 1 is 0.431 bits per heavy atom. The number of unbranched alkanes of at least 4 members (excludes halogenated alkanes) is 10. The number of hydrogen-bond donors (Lipinski definition) is 6. The number of hydrogen-bond acceptors (Lipinski definition) is 24. The molecule has 38 heteroatoms. The lowest BCUT2D eigenvalue weighted by molar-refractivity contribution is 0.222. The van der Waals surface area contributed by atoms with Crippen molar-refractivity contribution in [3.05, 3.63) is 103 Å². The molecule has 6 aromatic heterocycles. The van der Waals surface area contributed by atoms with Crippen molar-refractivity contribution in [3.63, 3.8) is 0 Å². The van der Waals surface area contributed by atoms with Crippen LogP contribution in [0.4, 0.5) is 0 Å². The fourth-order valence-corrected chi connectivity index (χ4v) is 20.5. The third-order valence-corrected chi connectivity index (χ3v) is 29.0. The van der Waals surface area contributed by atoms with Crippen LogP contribution in [0.15, 0.2) is 83.7 Å². The highest BCUT2D eigenvalue weighted by Crippen LogP contribution is 2.37. The summed E-state index contributed by atoms with van der Waals surface area (Å²) in [5.74, 6) is 2.01. The van der Waals surface area contributed by atoms with Crippen LogP contribution in [0.25, 0.3) is 67.3 Å². The number of sulfonamides is 3. The van der Waals surface area contributed by atoms with Crippen molar-refractivity contribution in [2.45, 2.75) is 198 Å². The molecule has 3 saturated heterocycles. The van der Waals surface area contributed by atoms with Gasteiger partial charge in [-0.2, -0.15) is 28.2 Å². The Labute approximate surface area is 741 Å². The number of rotatable bonds is 44. The number of nitrogens with one attached hydrogen (secondary N) is 5. The van der Waals surface area contributed by atoms with E-state index in [1.165, 1.54) is 68.2 Å². The highest BCUT2D eigenvalue weighted by Gasteiger charge is 2.34. The number of alkyl halides is 2. The van der Waals surface area contributed by atoms with Crippen molar-refractivity contribution in [1.82, 2.24) is 97.5 Å². The molecule has 33 nitrogen and oxygen atoms in total. The predicted octanol–water partition coefficient (Wildman–Crippen LogP) is 10.3. The number of aromatic amines is 3. The van der Waals surface area contributed by atoms with E-state index in [0.717, 1.165) is 76.6 Å². The van der Waals surface area contributed by atoms with Gasteiger partial charge in [-0.05, 0) is 161 Å². The van der Waals surface area contributed by atoms with Crippen LogP contribution in [0.1, 0.15) is 168 Å². The number of nitrogens with zero attached hydrogens (tertiary/aromatic N) is 15. The Morgan fingerprint density at radius 3 is 1.11 bits per heavy atom. The molecule has 3 aliphatic heterocycles. The van der Waals surface area contributed by atoms with Gasteiger partial charge in [0.25, 0.3) is 16.7 Å². The zero-order valence-electron chi connectivity index (χ0n) is 73.4. The Morgan fingerprint density at radius 2 is 0.756 bits per heavy atom. The number of nitrogens with two attached hydrogens (primary N) is 1. The van der Waals surface area contributed by atoms with Crippen molar-refractivity contribution in [2.75, 3.05) is 156 Å². The van der Waals surface area contributed by atoms with E-state index >= 15 is 0 Å². The average Bonchev–Trinajstić information content (AvgIpc) is 1.67. The maximum atomic E-state index is 14.0. The number of fused-ring (bicyclic) bond motifs is 3. The number of piperazine rings is 3. The van der Waals surface area contributed by atoms with Crippen molar-refractivity contribution in [2.24, 2.45) is 5.73 Å². The summed E-state index contributed by atoms with van der Waals surface area (Å²) in [7, 11) is -5.38. The molecule has 123 heavy (non-hydrogen) atoms. The lowest BCUT2D eigenvalue weighted by atomic mass is 10.1. The maximum Gasteiger partial charge on any atom is 0.277 e. The summed E-state index contributed by atoms with van der Waals surface area (Å²) in [5.41, 5.74) is 10.6. The maximum absolute atomic E-state index is 14.0. The number of aromatic nitrogens is 12. The molecular weight excluding hydrogens is 1760 g/mol. The van der Waals surface area contributed by atoms with Gasteiger partial charge in [0.05, 0.1) is 87.5 Å². The minimum Gasteiger partial charge on any atom is -0.493 e. The van der Waals surface area contributed by atoms with Gasteiger partial charge in [0.15, 0.2) is 16.6 Å². The average molecular weight is 1890 g/mol. The minimum absolute atomic E-state index is 0.119. The van der Waals surface area contributed by atoms with Crippen LogP contribution in [0.3, 0.4) is 0 Å². The molecule has 9 heterocycles. The van der Waals surface area contributed by atoms with Crippen LogP contribution < -0.4 is 47.3 Å². The first-order valence-electron chi connectivity index (χ1n) is 43.9. The van der Waals surface area contributed by atoms with Crippen LogP contribution >= 0.6 is 31.9 Å². The smallest absolute Gasteiger partial charge is 0.277 e. The topological polar surface area (TPSA) is 390 Å². The molecule has 678 valence electrons. The quantitative estimate of drug-likeness (QED) is 0.0153. The highest BCUT2D eigenvalue weighted by atomic mass is 79.9. The predicted molar refractivity (Wildman–Crippen MR) is 493 cm³/mol. The van der Waals surface area contributed by atoms with Gasteiger partial charge < -0.3 is 54.9 Å². The molecule has 1 atom stereocenters. The number of halogens is 2. The first kappa shape index (κ1) is 97.7. The summed E-state index contributed by atoms with van der Waals surface area (Å²) in [4.78, 5) is 71.0. The van der Waals surface area contributed by atoms with Crippen LogP contribution in [0, 0.1) is 0 Å². The zero-order valence-corrected chi connectivity index (χ0v) is 79.1. The first-order valence-corrected chi connectivity index (χ1v) is 50.5. The summed E-state index contributed by atoms with van der Waals surface area (Å²) < 4.78 is 109. The van der Waals surface area contributed by atoms with Crippen molar-refractivity contribution >= 4 is 95.0 Å². The molecule has 0 bridgehead atoms. The van der Waals surface area contributed by atoms with E-state index in [9.17, 15) is 39.6 Å². The number of ether oxygens (including phenoxy) is 3. The molecule has 0 aliphatic carbocycles. The molecule has 0 spiro atoms. The van der Waals surface area contributed by atoms with Gasteiger partial charge in [0.2, 0.25) is 30.1 Å². The van der Waals surface area contributed by atoms with E-state index in [-0.39, 0.29) is 55.0 Å². The van der Waals surface area contributed by atoms with Crippen molar-refractivity contribution in [1.29, 1.82) is 0 Å². The molecule has 7 N–H and O–H groups in total. The molecule has 9 aromatic rings. The number of likely N-dealkylation sites (N-methyl/N-ethyl adjacent to an activating group) is 3.